The summed E-state index contributed by atoms with van der Waals surface area (Å²) < 4.78 is 5.01. The Kier molecular flexibility index (Phi) is 6.19. The van der Waals surface area contributed by atoms with Crippen LogP contribution in [0.3, 0.4) is 0 Å². The number of ether oxygens (including phenoxy) is 1. The first-order chi connectivity index (χ1) is 16.8. The van der Waals surface area contributed by atoms with Crippen LogP contribution in [0.25, 0.3) is 11.1 Å². The molecule has 182 valence electrons. The highest BCUT2D eigenvalue weighted by atomic mass is 16.5. The lowest BCUT2D eigenvalue weighted by Crippen LogP contribution is -2.50. The minimum atomic E-state index is -0.268. The molecule has 0 aromatic heterocycles. The smallest absolute Gasteiger partial charge is 0.310 e. The number of benzene rings is 2. The fraction of sp³-hybridized carbons (Fsp3) is 0.393. The SMILES string of the molecule is COC(=O)CC1=C(N2CCC(C)(C)CC2)N2NC(c3cccc(-c4ccccc4)c3)N=C2N=C1C. The minimum absolute atomic E-state index is 0.181. The van der Waals surface area contributed by atoms with Gasteiger partial charge in [-0.1, -0.05) is 62.4 Å². The second-order valence-corrected chi connectivity index (χ2v) is 10.2. The number of nitrogens with zero attached hydrogens (tertiary/aromatic N) is 4. The van der Waals surface area contributed by atoms with Crippen molar-refractivity contribution in [1.82, 2.24) is 15.3 Å². The van der Waals surface area contributed by atoms with Crippen LogP contribution in [-0.2, 0) is 9.53 Å². The highest BCUT2D eigenvalue weighted by Gasteiger charge is 2.39. The average Bonchev–Trinajstić information content (AvgIpc) is 3.29. The Labute approximate surface area is 207 Å². The van der Waals surface area contributed by atoms with Gasteiger partial charge in [0.1, 0.15) is 12.0 Å². The summed E-state index contributed by atoms with van der Waals surface area (Å²) in [5.74, 6) is 1.33. The van der Waals surface area contributed by atoms with Crippen LogP contribution in [0.2, 0.25) is 0 Å². The summed E-state index contributed by atoms with van der Waals surface area (Å²) in [6.45, 7) is 8.42. The molecule has 0 saturated carbocycles. The number of likely N-dealkylation sites (tertiary alicyclic amines) is 1. The number of carbonyl (C=O) groups excluding carboxylic acids is 1. The molecule has 3 heterocycles. The molecule has 3 aliphatic heterocycles. The number of carbonyl (C=O) groups is 1. The molecule has 0 bridgehead atoms. The summed E-state index contributed by atoms with van der Waals surface area (Å²) in [6, 6.07) is 18.8. The van der Waals surface area contributed by atoms with Gasteiger partial charge in [-0.25, -0.2) is 15.0 Å². The third-order valence-corrected chi connectivity index (χ3v) is 7.16. The van der Waals surface area contributed by atoms with Crippen molar-refractivity contribution in [3.63, 3.8) is 0 Å². The number of piperidine rings is 1. The van der Waals surface area contributed by atoms with Crippen molar-refractivity contribution in [3.05, 3.63) is 71.6 Å². The van der Waals surface area contributed by atoms with Crippen LogP contribution in [-0.4, -0.2) is 47.7 Å². The molecule has 0 radical (unpaired) electrons. The topological polar surface area (TPSA) is 69.5 Å². The van der Waals surface area contributed by atoms with Crippen molar-refractivity contribution in [1.29, 1.82) is 0 Å². The second kappa shape index (κ2) is 9.30. The molecular formula is C28H33N5O2. The predicted molar refractivity (Wildman–Crippen MR) is 138 cm³/mol. The van der Waals surface area contributed by atoms with Gasteiger partial charge >= 0.3 is 5.97 Å². The monoisotopic (exact) mass is 471 g/mol. The van der Waals surface area contributed by atoms with E-state index in [2.05, 4.69) is 60.6 Å². The predicted octanol–water partition coefficient (Wildman–Crippen LogP) is 4.90. The normalized spacial score (nSPS) is 21.4. The van der Waals surface area contributed by atoms with Gasteiger partial charge < -0.3 is 9.64 Å². The lowest BCUT2D eigenvalue weighted by molar-refractivity contribution is -0.139. The first-order valence-corrected chi connectivity index (χ1v) is 12.2. The molecule has 35 heavy (non-hydrogen) atoms. The van der Waals surface area contributed by atoms with Gasteiger partial charge in [0.05, 0.1) is 13.5 Å². The zero-order chi connectivity index (χ0) is 24.6. The molecule has 5 rings (SSSR count). The molecule has 2 aromatic rings. The van der Waals surface area contributed by atoms with Crippen LogP contribution in [0.1, 0.15) is 51.8 Å². The lowest BCUT2D eigenvalue weighted by Gasteiger charge is -2.43. The maximum Gasteiger partial charge on any atom is 0.310 e. The number of methoxy groups -OCH3 is 1. The summed E-state index contributed by atoms with van der Waals surface area (Å²) >= 11 is 0. The van der Waals surface area contributed by atoms with Gasteiger partial charge in [0.25, 0.3) is 0 Å². The van der Waals surface area contributed by atoms with Crippen LogP contribution in [0, 0.1) is 5.41 Å². The highest BCUT2D eigenvalue weighted by molar-refractivity contribution is 6.10. The Balaban J connectivity index is 1.48. The van der Waals surface area contributed by atoms with E-state index in [1.165, 1.54) is 12.7 Å². The van der Waals surface area contributed by atoms with Gasteiger partial charge in [-0.05, 0) is 47.9 Å². The van der Waals surface area contributed by atoms with Gasteiger partial charge in [-0.2, -0.15) is 5.43 Å². The molecule has 3 aliphatic rings. The maximum absolute atomic E-state index is 12.3. The summed E-state index contributed by atoms with van der Waals surface area (Å²) in [7, 11) is 1.43. The molecule has 0 aliphatic carbocycles. The van der Waals surface area contributed by atoms with Crippen molar-refractivity contribution >= 4 is 17.6 Å². The average molecular weight is 472 g/mol. The van der Waals surface area contributed by atoms with Gasteiger partial charge in [0, 0.05) is 24.4 Å². The molecule has 7 nitrogen and oxygen atoms in total. The maximum atomic E-state index is 12.3. The minimum Gasteiger partial charge on any atom is -0.469 e. The van der Waals surface area contributed by atoms with E-state index in [1.54, 1.807) is 0 Å². The van der Waals surface area contributed by atoms with Crippen molar-refractivity contribution in [2.24, 2.45) is 15.4 Å². The van der Waals surface area contributed by atoms with Crippen LogP contribution in [0.5, 0.6) is 0 Å². The summed E-state index contributed by atoms with van der Waals surface area (Å²) in [5.41, 5.74) is 8.97. The fourth-order valence-electron chi connectivity index (χ4n) is 4.88. The molecule has 2 aromatic carbocycles. The zero-order valence-electron chi connectivity index (χ0n) is 20.9. The summed E-state index contributed by atoms with van der Waals surface area (Å²) in [4.78, 5) is 24.4. The standard InChI is InChI=1S/C28H33N5O2/c1-19-23(18-24(34)35-4)26(32-15-13-28(2,3)14-16-32)33-27(29-19)30-25(31-33)22-12-8-11-21(17-22)20-9-6-5-7-10-20/h5-12,17,25,31H,13-16,18H2,1-4H3. The van der Waals surface area contributed by atoms with Crippen molar-refractivity contribution in [2.45, 2.75) is 46.2 Å². The van der Waals surface area contributed by atoms with Gasteiger partial charge in [0.15, 0.2) is 0 Å². The van der Waals surface area contributed by atoms with Crippen LogP contribution in [0.15, 0.2) is 76.0 Å². The number of rotatable bonds is 5. The van der Waals surface area contributed by atoms with Crippen LogP contribution in [0.4, 0.5) is 0 Å². The number of nitrogens with one attached hydrogen (secondary N) is 1. The van der Waals surface area contributed by atoms with Crippen molar-refractivity contribution < 1.29 is 9.53 Å². The number of hydrazine groups is 1. The second-order valence-electron chi connectivity index (χ2n) is 10.2. The molecule has 7 heteroatoms. The van der Waals surface area contributed by atoms with E-state index in [0.717, 1.165) is 54.2 Å². The Hall–Kier alpha value is -3.45. The van der Waals surface area contributed by atoms with Crippen molar-refractivity contribution in [3.8, 4) is 11.1 Å². The van der Waals surface area contributed by atoms with E-state index in [9.17, 15) is 4.79 Å². The third kappa shape index (κ3) is 4.73. The molecular weight excluding hydrogens is 438 g/mol. The number of hydrogen-bond donors (Lipinski definition) is 1. The number of hydrogen-bond acceptors (Lipinski definition) is 7. The van der Waals surface area contributed by atoms with E-state index in [0.29, 0.717) is 11.4 Å². The molecule has 1 atom stereocenters. The third-order valence-electron chi connectivity index (χ3n) is 7.16. The fourth-order valence-corrected chi connectivity index (χ4v) is 4.88. The number of aliphatic imine (C=N–C) groups is 2. The molecule has 0 amide bonds. The van der Waals surface area contributed by atoms with Crippen LogP contribution >= 0.6 is 0 Å². The molecule has 0 spiro atoms. The zero-order valence-corrected chi connectivity index (χ0v) is 20.9. The number of guanidine groups is 1. The molecule has 1 fully saturated rings. The Morgan fingerprint density at radius 3 is 2.51 bits per heavy atom. The summed E-state index contributed by atoms with van der Waals surface area (Å²) in [6.07, 6.45) is 2.09. The largest absolute Gasteiger partial charge is 0.469 e. The molecule has 1 N–H and O–H groups in total. The molecule has 1 saturated heterocycles. The van der Waals surface area contributed by atoms with Gasteiger partial charge in [0.2, 0.25) is 5.96 Å². The first-order valence-electron chi connectivity index (χ1n) is 12.2. The Morgan fingerprint density at radius 1 is 1.09 bits per heavy atom. The Bertz CT molecular complexity index is 1200. The van der Waals surface area contributed by atoms with E-state index in [1.807, 2.05) is 30.1 Å². The van der Waals surface area contributed by atoms with Gasteiger partial charge in [-0.15, -0.1) is 0 Å². The van der Waals surface area contributed by atoms with E-state index >= 15 is 0 Å². The van der Waals surface area contributed by atoms with Gasteiger partial charge in [-0.3, -0.25) is 4.79 Å². The lowest BCUT2D eigenvalue weighted by atomic mass is 9.82. The highest BCUT2D eigenvalue weighted by Crippen LogP contribution is 2.36. The summed E-state index contributed by atoms with van der Waals surface area (Å²) in [5, 5.41) is 1.98. The van der Waals surface area contributed by atoms with E-state index < -0.39 is 0 Å². The number of esters is 1. The van der Waals surface area contributed by atoms with Crippen LogP contribution < -0.4 is 5.43 Å². The molecule has 1 unspecified atom stereocenters. The number of fused-ring (bicyclic) bond motifs is 1. The first kappa shape index (κ1) is 23.3. The Morgan fingerprint density at radius 2 is 1.80 bits per heavy atom. The quantitative estimate of drug-likeness (QED) is 0.628. The van der Waals surface area contributed by atoms with Crippen molar-refractivity contribution in [2.75, 3.05) is 20.2 Å². The van der Waals surface area contributed by atoms with E-state index in [-0.39, 0.29) is 18.6 Å². The van der Waals surface area contributed by atoms with E-state index in [4.69, 9.17) is 14.7 Å².